The number of hydrogen-bond acceptors (Lipinski definition) is 4. The summed E-state index contributed by atoms with van der Waals surface area (Å²) in [6.07, 6.45) is 2.92. The summed E-state index contributed by atoms with van der Waals surface area (Å²) in [5, 5.41) is 22.6. The third kappa shape index (κ3) is 3.60. The first-order valence-electron chi connectivity index (χ1n) is 7.21. The summed E-state index contributed by atoms with van der Waals surface area (Å²) in [4.78, 5) is 33.6. The molecule has 0 unspecified atom stereocenters. The molecule has 1 saturated carbocycles. The topological polar surface area (TPSA) is 110 Å². The number of carboxylic acid groups (broad SMARTS) is 1. The molecule has 1 aromatic carbocycles. The van der Waals surface area contributed by atoms with Crippen LogP contribution in [0.25, 0.3) is 0 Å². The van der Waals surface area contributed by atoms with E-state index >= 15 is 0 Å². The molecule has 22 heavy (non-hydrogen) atoms. The maximum absolute atomic E-state index is 12.0. The van der Waals surface area contributed by atoms with Gasteiger partial charge in [-0.25, -0.2) is 4.79 Å². The largest absolute Gasteiger partial charge is 0.480 e. The van der Waals surface area contributed by atoms with Crippen molar-refractivity contribution in [1.82, 2.24) is 5.32 Å². The summed E-state index contributed by atoms with van der Waals surface area (Å²) in [5.74, 6) is -1.33. The summed E-state index contributed by atoms with van der Waals surface area (Å²) in [6.45, 7) is 0. The van der Waals surface area contributed by atoms with Gasteiger partial charge in [0.25, 0.3) is 5.69 Å². The van der Waals surface area contributed by atoms with Crippen LogP contribution in [0.1, 0.15) is 37.7 Å². The number of hydrogen-bond donors (Lipinski definition) is 2. The van der Waals surface area contributed by atoms with Crippen LogP contribution in [0.3, 0.4) is 0 Å². The highest BCUT2D eigenvalue weighted by molar-refractivity contribution is 5.87. The van der Waals surface area contributed by atoms with E-state index in [1.54, 1.807) is 12.1 Å². The lowest BCUT2D eigenvalue weighted by Crippen LogP contribution is -2.52. The first-order chi connectivity index (χ1) is 10.4. The Hall–Kier alpha value is -2.44. The lowest BCUT2D eigenvalue weighted by Gasteiger charge is -2.25. The molecule has 1 fully saturated rings. The van der Waals surface area contributed by atoms with Crippen molar-refractivity contribution in [3.63, 3.8) is 0 Å². The molecule has 0 radical (unpaired) electrons. The number of rotatable bonds is 6. The van der Waals surface area contributed by atoms with Gasteiger partial charge in [0.05, 0.1) is 4.92 Å². The Morgan fingerprint density at radius 3 is 2.59 bits per heavy atom. The van der Waals surface area contributed by atoms with Crippen molar-refractivity contribution in [1.29, 1.82) is 0 Å². The first-order valence-corrected chi connectivity index (χ1v) is 7.21. The average molecular weight is 306 g/mol. The van der Waals surface area contributed by atoms with Crippen LogP contribution in [0.4, 0.5) is 5.69 Å². The van der Waals surface area contributed by atoms with E-state index in [4.69, 9.17) is 0 Å². The lowest BCUT2D eigenvalue weighted by atomic mass is 9.97. The van der Waals surface area contributed by atoms with Crippen LogP contribution in [0, 0.1) is 10.1 Å². The van der Waals surface area contributed by atoms with E-state index in [2.05, 4.69) is 5.32 Å². The number of carbonyl (C=O) groups is 2. The number of amides is 1. The van der Waals surface area contributed by atoms with Gasteiger partial charge in [0.1, 0.15) is 5.54 Å². The second-order valence-corrected chi connectivity index (χ2v) is 5.57. The number of benzene rings is 1. The molecule has 7 heteroatoms. The standard InChI is InChI=1S/C15H18N2O5/c18-13(16-15(14(19)20)8-1-2-9-15)7-6-11-4-3-5-12(10-11)17(21)22/h3-5,10H,1-2,6-9H2,(H,16,18)(H,19,20). The summed E-state index contributed by atoms with van der Waals surface area (Å²) in [5.41, 5.74) is -0.476. The molecule has 2 N–H and O–H groups in total. The van der Waals surface area contributed by atoms with Crippen molar-refractivity contribution in [2.45, 2.75) is 44.1 Å². The van der Waals surface area contributed by atoms with Crippen molar-refractivity contribution in [2.75, 3.05) is 0 Å². The number of carboxylic acids is 1. The Morgan fingerprint density at radius 1 is 1.32 bits per heavy atom. The molecule has 0 aliphatic heterocycles. The van der Waals surface area contributed by atoms with Crippen LogP contribution >= 0.6 is 0 Å². The van der Waals surface area contributed by atoms with Gasteiger partial charge in [-0.1, -0.05) is 25.0 Å². The fourth-order valence-corrected chi connectivity index (χ4v) is 2.78. The van der Waals surface area contributed by atoms with Gasteiger partial charge >= 0.3 is 5.97 Å². The Labute approximate surface area is 127 Å². The number of nitro benzene ring substituents is 1. The highest BCUT2D eigenvalue weighted by Gasteiger charge is 2.42. The molecule has 1 aliphatic carbocycles. The normalized spacial score (nSPS) is 16.2. The number of nitrogens with one attached hydrogen (secondary N) is 1. The minimum atomic E-state index is -1.14. The number of nitro groups is 1. The Bertz CT molecular complexity index is 593. The van der Waals surface area contributed by atoms with E-state index < -0.39 is 16.4 Å². The van der Waals surface area contributed by atoms with Gasteiger partial charge in [0.2, 0.25) is 5.91 Å². The maximum atomic E-state index is 12.0. The molecule has 0 atom stereocenters. The van der Waals surface area contributed by atoms with Gasteiger partial charge in [-0.15, -0.1) is 0 Å². The quantitative estimate of drug-likeness (QED) is 0.617. The Kier molecular flexibility index (Phi) is 4.75. The summed E-state index contributed by atoms with van der Waals surface area (Å²) in [7, 11) is 0. The van der Waals surface area contributed by atoms with Crippen molar-refractivity contribution >= 4 is 17.6 Å². The fraction of sp³-hybridized carbons (Fsp3) is 0.467. The van der Waals surface area contributed by atoms with Gasteiger partial charge in [-0.2, -0.15) is 0 Å². The van der Waals surface area contributed by atoms with Crippen LogP contribution in [0.2, 0.25) is 0 Å². The summed E-state index contributed by atoms with van der Waals surface area (Å²) < 4.78 is 0. The predicted octanol–water partition coefficient (Wildman–Crippen LogP) is 2.04. The van der Waals surface area contributed by atoms with E-state index in [0.29, 0.717) is 24.8 Å². The van der Waals surface area contributed by atoms with Gasteiger partial charge in [0.15, 0.2) is 0 Å². The molecule has 0 saturated heterocycles. The predicted molar refractivity (Wildman–Crippen MR) is 78.4 cm³/mol. The minimum absolute atomic E-state index is 0.0179. The van der Waals surface area contributed by atoms with Crippen LogP contribution in [0.5, 0.6) is 0 Å². The molecule has 118 valence electrons. The molecule has 1 amide bonds. The second-order valence-electron chi connectivity index (χ2n) is 5.57. The van der Waals surface area contributed by atoms with Crippen molar-refractivity contribution in [2.24, 2.45) is 0 Å². The molecule has 0 bridgehead atoms. The number of carbonyl (C=O) groups excluding carboxylic acids is 1. The van der Waals surface area contributed by atoms with Crippen molar-refractivity contribution in [3.05, 3.63) is 39.9 Å². The third-order valence-corrected chi connectivity index (χ3v) is 4.01. The molecule has 0 spiro atoms. The Balaban J connectivity index is 1.94. The molecule has 2 rings (SSSR count). The lowest BCUT2D eigenvalue weighted by molar-refractivity contribution is -0.384. The zero-order valence-electron chi connectivity index (χ0n) is 12.1. The number of non-ortho nitro benzene ring substituents is 1. The SMILES string of the molecule is O=C(CCc1cccc([N+](=O)[O-])c1)NC1(C(=O)O)CCCC1. The fourth-order valence-electron chi connectivity index (χ4n) is 2.78. The van der Waals surface area contributed by atoms with Crippen LogP contribution < -0.4 is 5.32 Å². The summed E-state index contributed by atoms with van der Waals surface area (Å²) in [6, 6.07) is 6.10. The van der Waals surface area contributed by atoms with Crippen molar-refractivity contribution < 1.29 is 19.6 Å². The highest BCUT2D eigenvalue weighted by atomic mass is 16.6. The van der Waals surface area contributed by atoms with Gasteiger partial charge < -0.3 is 10.4 Å². The van der Waals surface area contributed by atoms with Gasteiger partial charge in [0, 0.05) is 18.6 Å². The van der Waals surface area contributed by atoms with Gasteiger partial charge in [-0.3, -0.25) is 14.9 Å². The molecular formula is C15H18N2O5. The zero-order chi connectivity index (χ0) is 16.2. The molecule has 7 nitrogen and oxygen atoms in total. The molecular weight excluding hydrogens is 288 g/mol. The summed E-state index contributed by atoms with van der Waals surface area (Å²) >= 11 is 0. The van der Waals surface area contributed by atoms with E-state index in [1.165, 1.54) is 12.1 Å². The third-order valence-electron chi connectivity index (χ3n) is 4.01. The van der Waals surface area contributed by atoms with E-state index in [0.717, 1.165) is 12.8 Å². The van der Waals surface area contributed by atoms with Gasteiger partial charge in [-0.05, 0) is 24.8 Å². The maximum Gasteiger partial charge on any atom is 0.329 e. The van der Waals surface area contributed by atoms with E-state index in [-0.39, 0.29) is 18.0 Å². The number of aliphatic carboxylic acids is 1. The Morgan fingerprint density at radius 2 is 2.00 bits per heavy atom. The number of nitrogens with zero attached hydrogens (tertiary/aromatic N) is 1. The highest BCUT2D eigenvalue weighted by Crippen LogP contribution is 2.30. The van der Waals surface area contributed by atoms with Crippen LogP contribution in [-0.2, 0) is 16.0 Å². The van der Waals surface area contributed by atoms with Crippen LogP contribution in [0.15, 0.2) is 24.3 Å². The first kappa shape index (κ1) is 15.9. The van der Waals surface area contributed by atoms with Crippen LogP contribution in [-0.4, -0.2) is 27.4 Å². The molecule has 1 aliphatic rings. The monoisotopic (exact) mass is 306 g/mol. The molecule has 0 heterocycles. The van der Waals surface area contributed by atoms with E-state index in [9.17, 15) is 24.8 Å². The average Bonchev–Trinajstić information content (AvgIpc) is 2.95. The van der Waals surface area contributed by atoms with E-state index in [1.807, 2.05) is 0 Å². The molecule has 0 aromatic heterocycles. The second kappa shape index (κ2) is 6.55. The minimum Gasteiger partial charge on any atom is -0.480 e. The number of aryl methyl sites for hydroxylation is 1. The smallest absolute Gasteiger partial charge is 0.329 e. The zero-order valence-corrected chi connectivity index (χ0v) is 12.1. The molecule has 1 aromatic rings. The van der Waals surface area contributed by atoms with Crippen molar-refractivity contribution in [3.8, 4) is 0 Å².